The molecule has 0 saturated heterocycles. The fraction of sp³-hybridized carbons (Fsp3) is 0.824. The molecule has 0 aliphatic heterocycles. The molecule has 0 aromatic carbocycles. The van der Waals surface area contributed by atoms with Crippen LogP contribution in [-0.4, -0.2) is 24.1 Å². The molecule has 2 rings (SSSR count). The third-order valence-corrected chi connectivity index (χ3v) is 4.90. The van der Waals surface area contributed by atoms with Gasteiger partial charge in [0.2, 0.25) is 0 Å². The zero-order valence-corrected chi connectivity index (χ0v) is 15.1. The lowest BCUT2D eigenvalue weighted by molar-refractivity contribution is 0.558. The quantitative estimate of drug-likeness (QED) is 0.725. The minimum absolute atomic E-state index is 0.124. The van der Waals surface area contributed by atoms with Crippen molar-refractivity contribution in [3.05, 3.63) is 10.6 Å². The molecule has 0 amide bonds. The fourth-order valence-electron chi connectivity index (χ4n) is 2.61. The van der Waals surface area contributed by atoms with Crippen LogP contribution < -0.4 is 10.2 Å². The minimum atomic E-state index is 0.124. The molecule has 0 spiro atoms. The molecular weight excluding hydrogens is 278 g/mol. The van der Waals surface area contributed by atoms with Crippen LogP contribution in [0.5, 0.6) is 0 Å². The lowest BCUT2D eigenvalue weighted by atomic mass is 9.91. The second-order valence-corrected chi connectivity index (χ2v) is 8.18. The molecule has 1 aromatic rings. The maximum Gasteiger partial charge on any atom is 0.186 e. The summed E-state index contributed by atoms with van der Waals surface area (Å²) < 4.78 is 0. The summed E-state index contributed by atoms with van der Waals surface area (Å²) in [7, 11) is 0. The van der Waals surface area contributed by atoms with Gasteiger partial charge >= 0.3 is 0 Å². The van der Waals surface area contributed by atoms with Crippen molar-refractivity contribution in [2.75, 3.05) is 18.0 Å². The first-order chi connectivity index (χ1) is 9.97. The van der Waals surface area contributed by atoms with Gasteiger partial charge in [0.05, 0.1) is 5.69 Å². The van der Waals surface area contributed by atoms with Gasteiger partial charge in [-0.15, -0.1) is 11.3 Å². The number of rotatable bonds is 8. The van der Waals surface area contributed by atoms with Gasteiger partial charge in [-0.1, -0.05) is 34.6 Å². The predicted molar refractivity (Wildman–Crippen MR) is 93.5 cm³/mol. The number of aromatic nitrogens is 1. The molecule has 0 radical (unpaired) electrons. The molecule has 21 heavy (non-hydrogen) atoms. The molecule has 1 heterocycles. The Morgan fingerprint density at radius 2 is 1.95 bits per heavy atom. The van der Waals surface area contributed by atoms with Crippen molar-refractivity contribution < 1.29 is 0 Å². The van der Waals surface area contributed by atoms with E-state index in [9.17, 15) is 0 Å². The van der Waals surface area contributed by atoms with Gasteiger partial charge in [0.1, 0.15) is 0 Å². The second-order valence-electron chi connectivity index (χ2n) is 7.12. The molecule has 120 valence electrons. The normalized spacial score (nSPS) is 15.5. The Bertz CT molecular complexity index is 443. The molecule has 0 bridgehead atoms. The number of nitrogens with one attached hydrogen (secondary N) is 1. The monoisotopic (exact) mass is 309 g/mol. The van der Waals surface area contributed by atoms with E-state index in [2.05, 4.69) is 44.8 Å². The van der Waals surface area contributed by atoms with Gasteiger partial charge in [-0.25, -0.2) is 4.98 Å². The first-order valence-corrected chi connectivity index (χ1v) is 9.26. The Morgan fingerprint density at radius 1 is 1.24 bits per heavy atom. The SMILES string of the molecule is CCCNCc1sc(N(CCC)C2CC2)nc1C(C)(C)C. The van der Waals surface area contributed by atoms with Crippen molar-refractivity contribution in [3.63, 3.8) is 0 Å². The zero-order valence-electron chi connectivity index (χ0n) is 14.3. The molecule has 1 fully saturated rings. The van der Waals surface area contributed by atoms with Crippen molar-refractivity contribution in [2.24, 2.45) is 0 Å². The Balaban J connectivity index is 2.21. The number of hydrogen-bond donors (Lipinski definition) is 1. The summed E-state index contributed by atoms with van der Waals surface area (Å²) in [5.74, 6) is 0. The Morgan fingerprint density at radius 3 is 2.48 bits per heavy atom. The molecule has 1 aromatic heterocycles. The lowest BCUT2D eigenvalue weighted by Gasteiger charge is -2.21. The van der Waals surface area contributed by atoms with E-state index in [0.29, 0.717) is 0 Å². The smallest absolute Gasteiger partial charge is 0.186 e. The van der Waals surface area contributed by atoms with E-state index in [1.54, 1.807) is 0 Å². The van der Waals surface area contributed by atoms with Gasteiger partial charge in [-0.3, -0.25) is 0 Å². The van der Waals surface area contributed by atoms with Crippen LogP contribution in [0.3, 0.4) is 0 Å². The van der Waals surface area contributed by atoms with Gasteiger partial charge in [0.15, 0.2) is 5.13 Å². The Labute approximate surface area is 134 Å². The Hall–Kier alpha value is -0.610. The first-order valence-electron chi connectivity index (χ1n) is 8.44. The molecule has 1 saturated carbocycles. The van der Waals surface area contributed by atoms with E-state index in [1.807, 2.05) is 11.3 Å². The van der Waals surface area contributed by atoms with E-state index in [-0.39, 0.29) is 5.41 Å². The van der Waals surface area contributed by atoms with Crippen LogP contribution >= 0.6 is 11.3 Å². The van der Waals surface area contributed by atoms with E-state index in [0.717, 1.165) is 25.7 Å². The van der Waals surface area contributed by atoms with Crippen LogP contribution in [0.4, 0.5) is 5.13 Å². The van der Waals surface area contributed by atoms with Crippen molar-refractivity contribution in [1.82, 2.24) is 10.3 Å². The van der Waals surface area contributed by atoms with E-state index >= 15 is 0 Å². The van der Waals surface area contributed by atoms with Gasteiger partial charge < -0.3 is 10.2 Å². The molecule has 3 nitrogen and oxygen atoms in total. The Kier molecular flexibility index (Phi) is 5.67. The maximum atomic E-state index is 5.04. The number of nitrogens with zero attached hydrogens (tertiary/aromatic N) is 2. The van der Waals surface area contributed by atoms with Gasteiger partial charge in [0.25, 0.3) is 0 Å². The molecule has 0 atom stereocenters. The van der Waals surface area contributed by atoms with Crippen LogP contribution in [0.2, 0.25) is 0 Å². The average Bonchev–Trinajstić information content (AvgIpc) is 3.15. The van der Waals surface area contributed by atoms with E-state index < -0.39 is 0 Å². The van der Waals surface area contributed by atoms with Crippen LogP contribution in [-0.2, 0) is 12.0 Å². The average molecular weight is 310 g/mol. The number of anilines is 1. The van der Waals surface area contributed by atoms with Crippen molar-refractivity contribution in [3.8, 4) is 0 Å². The number of thiazole rings is 1. The zero-order chi connectivity index (χ0) is 15.5. The van der Waals surface area contributed by atoms with Gasteiger partial charge in [-0.2, -0.15) is 0 Å². The van der Waals surface area contributed by atoms with Crippen LogP contribution in [0.25, 0.3) is 0 Å². The summed E-state index contributed by atoms with van der Waals surface area (Å²) in [6.07, 6.45) is 5.06. The standard InChI is InChI=1S/C17H31N3S/c1-6-10-18-12-14-15(17(3,4)5)19-16(21-14)20(11-7-2)13-8-9-13/h13,18H,6-12H2,1-5H3. The molecule has 1 N–H and O–H groups in total. The highest BCUT2D eigenvalue weighted by atomic mass is 32.1. The number of hydrogen-bond acceptors (Lipinski definition) is 4. The summed E-state index contributed by atoms with van der Waals surface area (Å²) in [4.78, 5) is 9.01. The van der Waals surface area contributed by atoms with Crippen molar-refractivity contribution in [1.29, 1.82) is 0 Å². The van der Waals surface area contributed by atoms with Crippen LogP contribution in [0.1, 0.15) is 70.9 Å². The lowest BCUT2D eigenvalue weighted by Crippen LogP contribution is -2.26. The third kappa shape index (κ3) is 4.43. The fourth-order valence-corrected chi connectivity index (χ4v) is 3.95. The summed E-state index contributed by atoms with van der Waals surface area (Å²) >= 11 is 1.91. The van der Waals surface area contributed by atoms with Gasteiger partial charge in [-0.05, 0) is 32.2 Å². The van der Waals surface area contributed by atoms with Gasteiger partial charge in [0, 0.05) is 29.4 Å². The second kappa shape index (κ2) is 7.10. The topological polar surface area (TPSA) is 28.2 Å². The maximum absolute atomic E-state index is 5.04. The highest BCUT2D eigenvalue weighted by molar-refractivity contribution is 7.15. The summed E-state index contributed by atoms with van der Waals surface area (Å²) in [5, 5.41) is 4.79. The van der Waals surface area contributed by atoms with Crippen LogP contribution in [0, 0.1) is 0 Å². The molecule has 1 aliphatic carbocycles. The van der Waals surface area contributed by atoms with Crippen molar-refractivity contribution >= 4 is 16.5 Å². The molecule has 1 aliphatic rings. The molecule has 0 unspecified atom stereocenters. The largest absolute Gasteiger partial charge is 0.345 e. The van der Waals surface area contributed by atoms with Crippen molar-refractivity contribution in [2.45, 2.75) is 78.3 Å². The first kappa shape index (κ1) is 16.8. The third-order valence-electron chi connectivity index (χ3n) is 3.81. The van der Waals surface area contributed by atoms with Crippen LogP contribution in [0.15, 0.2) is 0 Å². The highest BCUT2D eigenvalue weighted by Gasteiger charge is 2.32. The van der Waals surface area contributed by atoms with E-state index in [4.69, 9.17) is 4.98 Å². The summed E-state index contributed by atoms with van der Waals surface area (Å²) in [5.41, 5.74) is 1.41. The molecular formula is C17H31N3S. The highest BCUT2D eigenvalue weighted by Crippen LogP contribution is 2.38. The summed E-state index contributed by atoms with van der Waals surface area (Å²) in [6, 6.07) is 0.750. The predicted octanol–water partition coefficient (Wildman–Crippen LogP) is 4.32. The minimum Gasteiger partial charge on any atom is -0.345 e. The summed E-state index contributed by atoms with van der Waals surface area (Å²) in [6.45, 7) is 14.5. The molecule has 4 heteroatoms. The van der Waals surface area contributed by atoms with E-state index in [1.165, 1.54) is 41.4 Å².